The number of thioether (sulfide) groups is 2. The summed E-state index contributed by atoms with van der Waals surface area (Å²) in [6.07, 6.45) is 5.38. The van der Waals surface area contributed by atoms with Crippen LogP contribution >= 0.6 is 23.5 Å². The lowest BCUT2D eigenvalue weighted by Gasteiger charge is -2.11. The van der Waals surface area contributed by atoms with Crippen molar-refractivity contribution in [2.24, 2.45) is 0 Å². The van der Waals surface area contributed by atoms with Crippen LogP contribution in [0.3, 0.4) is 0 Å². The topological polar surface area (TPSA) is 60.4 Å². The van der Waals surface area contributed by atoms with Gasteiger partial charge >= 0.3 is 5.97 Å². The van der Waals surface area contributed by atoms with Crippen LogP contribution in [0.1, 0.15) is 33.1 Å². The van der Waals surface area contributed by atoms with E-state index in [1.165, 1.54) is 44.5 Å². The summed E-state index contributed by atoms with van der Waals surface area (Å²) in [4.78, 5) is 32.9. The second-order valence-electron chi connectivity index (χ2n) is 3.85. The van der Waals surface area contributed by atoms with Crippen molar-refractivity contribution in [2.45, 2.75) is 38.4 Å². The fourth-order valence-corrected chi connectivity index (χ4v) is 3.06. The average molecular weight is 304 g/mol. The van der Waals surface area contributed by atoms with Crippen molar-refractivity contribution >= 4 is 39.7 Å². The largest absolute Gasteiger partial charge is 0.469 e. The molecule has 4 nitrogen and oxygen atoms in total. The molecule has 0 aromatic heterocycles. The Balaban J connectivity index is 4.08. The van der Waals surface area contributed by atoms with E-state index in [2.05, 4.69) is 4.74 Å². The molecule has 1 unspecified atom stereocenters. The van der Waals surface area contributed by atoms with Crippen LogP contribution < -0.4 is 0 Å². The van der Waals surface area contributed by atoms with E-state index in [4.69, 9.17) is 0 Å². The van der Waals surface area contributed by atoms with Crippen molar-refractivity contribution in [1.29, 1.82) is 0 Å². The number of ether oxygens (including phenoxy) is 1. The molecule has 0 amide bonds. The second kappa shape index (κ2) is 11.1. The predicted molar refractivity (Wildman–Crippen MR) is 80.2 cm³/mol. The lowest BCUT2D eigenvalue weighted by molar-refractivity contribution is -0.139. The first-order valence-electron chi connectivity index (χ1n) is 5.98. The zero-order valence-electron chi connectivity index (χ0n) is 11.5. The van der Waals surface area contributed by atoms with E-state index in [9.17, 15) is 14.4 Å². The Kier molecular flexibility index (Phi) is 10.7. The quantitative estimate of drug-likeness (QED) is 0.507. The Hall–Kier alpha value is -0.750. The smallest absolute Gasteiger partial charge is 0.309 e. The van der Waals surface area contributed by atoms with Gasteiger partial charge in [0.25, 0.3) is 0 Å². The van der Waals surface area contributed by atoms with Crippen LogP contribution in [-0.4, -0.2) is 34.3 Å². The Labute approximate surface area is 122 Å². The van der Waals surface area contributed by atoms with Crippen molar-refractivity contribution in [3.8, 4) is 0 Å². The number of carbonyl (C=O) groups excluding carboxylic acids is 3. The molecule has 6 heteroatoms. The third kappa shape index (κ3) is 12.0. The summed E-state index contributed by atoms with van der Waals surface area (Å²) < 4.78 is 4.52. The van der Waals surface area contributed by atoms with Gasteiger partial charge in [-0.05, 0) is 12.8 Å². The molecule has 0 N–H and O–H groups in total. The molecule has 0 saturated heterocycles. The van der Waals surface area contributed by atoms with Crippen LogP contribution in [0, 0.1) is 0 Å². The normalized spacial score (nSPS) is 12.4. The van der Waals surface area contributed by atoms with Gasteiger partial charge in [0.1, 0.15) is 0 Å². The lowest BCUT2D eigenvalue weighted by atomic mass is 10.2. The number of carbonyl (C=O) groups is 3. The van der Waals surface area contributed by atoms with Gasteiger partial charge in [-0.15, -0.1) is 0 Å². The first kappa shape index (κ1) is 18.2. The maximum Gasteiger partial charge on any atom is 0.309 e. The average Bonchev–Trinajstić information content (AvgIpc) is 2.32. The van der Waals surface area contributed by atoms with Gasteiger partial charge in [0.05, 0.1) is 13.5 Å². The number of allylic oxidation sites excluding steroid dienone is 1. The van der Waals surface area contributed by atoms with E-state index in [1.807, 2.05) is 6.08 Å². The van der Waals surface area contributed by atoms with Crippen molar-refractivity contribution in [3.05, 3.63) is 12.2 Å². The molecule has 19 heavy (non-hydrogen) atoms. The van der Waals surface area contributed by atoms with Gasteiger partial charge in [0.15, 0.2) is 10.2 Å². The summed E-state index contributed by atoms with van der Waals surface area (Å²) in [6, 6.07) is 0. The number of hydrogen-bond donors (Lipinski definition) is 0. The van der Waals surface area contributed by atoms with Crippen molar-refractivity contribution in [1.82, 2.24) is 0 Å². The summed E-state index contributed by atoms with van der Waals surface area (Å²) in [7, 11) is 1.35. The van der Waals surface area contributed by atoms with E-state index >= 15 is 0 Å². The molecule has 1 atom stereocenters. The molecule has 0 heterocycles. The van der Waals surface area contributed by atoms with Gasteiger partial charge in [0.2, 0.25) is 0 Å². The zero-order chi connectivity index (χ0) is 14.7. The first-order chi connectivity index (χ1) is 8.95. The number of methoxy groups -OCH3 is 1. The highest BCUT2D eigenvalue weighted by Gasteiger charge is 2.11. The minimum Gasteiger partial charge on any atom is -0.469 e. The fraction of sp³-hybridized carbons (Fsp3) is 0.615. The van der Waals surface area contributed by atoms with Gasteiger partial charge in [-0.2, -0.15) is 0 Å². The summed E-state index contributed by atoms with van der Waals surface area (Å²) in [5.74, 6) is 0.435. The molecule has 0 spiro atoms. The van der Waals surface area contributed by atoms with Crippen molar-refractivity contribution in [3.63, 3.8) is 0 Å². The van der Waals surface area contributed by atoms with Crippen LogP contribution in [0.15, 0.2) is 12.2 Å². The minimum absolute atomic E-state index is 0.0687. The maximum absolute atomic E-state index is 11.1. The van der Waals surface area contributed by atoms with Gasteiger partial charge in [-0.1, -0.05) is 35.7 Å². The van der Waals surface area contributed by atoms with Gasteiger partial charge in [-0.3, -0.25) is 14.4 Å². The third-order valence-corrected chi connectivity index (χ3v) is 4.10. The molecule has 0 fully saturated rings. The molecule has 0 aromatic carbocycles. The first-order valence-corrected chi connectivity index (χ1v) is 7.84. The Morgan fingerprint density at radius 3 is 2.37 bits per heavy atom. The number of rotatable bonds is 8. The van der Waals surface area contributed by atoms with E-state index < -0.39 is 0 Å². The third-order valence-electron chi connectivity index (χ3n) is 2.16. The fourth-order valence-electron chi connectivity index (χ4n) is 1.30. The van der Waals surface area contributed by atoms with Crippen molar-refractivity contribution < 1.29 is 19.1 Å². The molecule has 0 aliphatic heterocycles. The molecule has 0 aromatic rings. The van der Waals surface area contributed by atoms with Crippen LogP contribution in [0.25, 0.3) is 0 Å². The van der Waals surface area contributed by atoms with Crippen molar-refractivity contribution in [2.75, 3.05) is 12.9 Å². The second-order valence-corrected chi connectivity index (χ2v) is 6.60. The molecule has 108 valence electrons. The molecule has 0 saturated carbocycles. The SMILES string of the molecule is COC(=O)C/C=C/CC(CCSC(C)=O)SC(C)=O. The molecular weight excluding hydrogens is 284 g/mol. The molecule has 0 aliphatic carbocycles. The van der Waals surface area contributed by atoms with E-state index in [1.54, 1.807) is 6.08 Å². The highest BCUT2D eigenvalue weighted by molar-refractivity contribution is 8.14. The van der Waals surface area contributed by atoms with E-state index in [-0.39, 0.29) is 27.9 Å². The summed E-state index contributed by atoms with van der Waals surface area (Å²) in [5.41, 5.74) is 0. The maximum atomic E-state index is 11.1. The summed E-state index contributed by atoms with van der Waals surface area (Å²) in [6.45, 7) is 3.07. The zero-order valence-corrected chi connectivity index (χ0v) is 13.1. The highest BCUT2D eigenvalue weighted by atomic mass is 32.2. The van der Waals surface area contributed by atoms with Crippen LogP contribution in [0.5, 0.6) is 0 Å². The minimum atomic E-state index is -0.279. The van der Waals surface area contributed by atoms with E-state index in [0.717, 1.165) is 6.42 Å². The van der Waals surface area contributed by atoms with E-state index in [0.29, 0.717) is 12.2 Å². The van der Waals surface area contributed by atoms with Gasteiger partial charge in [-0.25, -0.2) is 0 Å². The summed E-state index contributed by atoms with van der Waals surface area (Å²) in [5, 5.41) is 0.310. The Bertz CT molecular complexity index is 340. The Morgan fingerprint density at radius 1 is 1.16 bits per heavy atom. The molecule has 0 bridgehead atoms. The van der Waals surface area contributed by atoms with Crippen LogP contribution in [0.4, 0.5) is 0 Å². The molecule has 0 aliphatic rings. The lowest BCUT2D eigenvalue weighted by Crippen LogP contribution is -2.06. The molecule has 0 rings (SSSR count). The van der Waals surface area contributed by atoms with Gasteiger partial charge < -0.3 is 4.74 Å². The predicted octanol–water partition coefficient (Wildman–Crippen LogP) is 2.81. The summed E-state index contributed by atoms with van der Waals surface area (Å²) >= 11 is 2.56. The number of hydrogen-bond acceptors (Lipinski definition) is 6. The highest BCUT2D eigenvalue weighted by Crippen LogP contribution is 2.22. The Morgan fingerprint density at radius 2 is 1.84 bits per heavy atom. The molecular formula is C13H20O4S2. The van der Waals surface area contributed by atoms with Crippen LogP contribution in [0.2, 0.25) is 0 Å². The number of esters is 1. The van der Waals surface area contributed by atoms with Crippen LogP contribution in [-0.2, 0) is 19.1 Å². The molecule has 0 radical (unpaired) electrons. The standard InChI is InChI=1S/C13H20O4S2/c1-10(14)18-9-8-12(19-11(2)15)6-4-5-7-13(16)17-3/h4-5,12H,6-9H2,1-3H3/b5-4+. The van der Waals surface area contributed by atoms with Gasteiger partial charge in [0, 0.05) is 24.9 Å². The monoisotopic (exact) mass is 304 g/mol.